The average Bonchev–Trinajstić information content (AvgIpc) is 2.45. The van der Waals surface area contributed by atoms with Gasteiger partial charge in [-0.15, -0.1) is 23.7 Å². The summed E-state index contributed by atoms with van der Waals surface area (Å²) < 4.78 is 0.949. The van der Waals surface area contributed by atoms with Crippen molar-refractivity contribution in [1.82, 2.24) is 0 Å². The number of amidine groups is 1. The molecule has 0 saturated carbocycles. The Morgan fingerprint density at radius 1 is 1.36 bits per heavy atom. The number of hydrogen-bond donors (Lipinski definition) is 3. The summed E-state index contributed by atoms with van der Waals surface area (Å²) in [6.45, 7) is 0. The van der Waals surface area contributed by atoms with Crippen molar-refractivity contribution in [2.24, 2.45) is 5.73 Å². The fourth-order valence-corrected chi connectivity index (χ4v) is 2.17. The second-order valence-electron chi connectivity index (χ2n) is 2.69. The first-order valence-electron chi connectivity index (χ1n) is 3.75. The smallest absolute Gasteiger partial charge is 0.145 e. The highest BCUT2D eigenvalue weighted by atomic mass is 35.5. The molecule has 0 spiro atoms. The molecule has 1 aromatic carbocycles. The SMILES string of the molecule is Cl.N=C(N)c1sc2ccccc2c1O. The number of nitrogens with two attached hydrogens (primary N) is 1. The van der Waals surface area contributed by atoms with E-state index in [1.807, 2.05) is 24.3 Å². The molecule has 74 valence electrons. The number of aromatic hydroxyl groups is 1. The summed E-state index contributed by atoms with van der Waals surface area (Å²) in [4.78, 5) is 0.446. The lowest BCUT2D eigenvalue weighted by Crippen LogP contribution is -2.08. The Labute approximate surface area is 91.1 Å². The molecule has 0 radical (unpaired) electrons. The van der Waals surface area contributed by atoms with Crippen LogP contribution in [0.3, 0.4) is 0 Å². The summed E-state index contributed by atoms with van der Waals surface area (Å²) in [5.74, 6) is 0.0341. The van der Waals surface area contributed by atoms with E-state index in [1.165, 1.54) is 11.3 Å². The molecule has 4 N–H and O–H groups in total. The lowest BCUT2D eigenvalue weighted by atomic mass is 10.2. The lowest BCUT2D eigenvalue weighted by Gasteiger charge is -1.92. The summed E-state index contributed by atoms with van der Waals surface area (Å²) in [5, 5.41) is 17.6. The minimum absolute atomic E-state index is 0. The molecule has 1 aromatic heterocycles. The minimum atomic E-state index is -0.0845. The number of nitrogen functional groups attached to an aromatic ring is 1. The Morgan fingerprint density at radius 3 is 2.57 bits per heavy atom. The van der Waals surface area contributed by atoms with Crippen molar-refractivity contribution in [3.05, 3.63) is 29.1 Å². The van der Waals surface area contributed by atoms with Crippen LogP contribution in [0.4, 0.5) is 0 Å². The van der Waals surface area contributed by atoms with Crippen molar-refractivity contribution < 1.29 is 5.11 Å². The monoisotopic (exact) mass is 228 g/mol. The van der Waals surface area contributed by atoms with E-state index in [1.54, 1.807) is 0 Å². The lowest BCUT2D eigenvalue weighted by molar-refractivity contribution is 0.482. The highest BCUT2D eigenvalue weighted by Crippen LogP contribution is 2.35. The van der Waals surface area contributed by atoms with E-state index in [-0.39, 0.29) is 24.0 Å². The van der Waals surface area contributed by atoms with E-state index in [9.17, 15) is 5.11 Å². The van der Waals surface area contributed by atoms with E-state index < -0.39 is 0 Å². The number of fused-ring (bicyclic) bond motifs is 1. The molecule has 14 heavy (non-hydrogen) atoms. The third kappa shape index (κ3) is 1.54. The summed E-state index contributed by atoms with van der Waals surface area (Å²) >= 11 is 1.33. The topological polar surface area (TPSA) is 70.1 Å². The van der Waals surface area contributed by atoms with Gasteiger partial charge in [-0.2, -0.15) is 0 Å². The van der Waals surface area contributed by atoms with Crippen molar-refractivity contribution >= 4 is 39.7 Å². The van der Waals surface area contributed by atoms with Crippen LogP contribution in [0.5, 0.6) is 5.75 Å². The van der Waals surface area contributed by atoms with Crippen LogP contribution in [-0.4, -0.2) is 10.9 Å². The Kier molecular flexibility index (Phi) is 2.98. The highest BCUT2D eigenvalue weighted by Gasteiger charge is 2.11. The Hall–Kier alpha value is -1.26. The predicted octanol–water partition coefficient (Wildman–Crippen LogP) is 2.31. The summed E-state index contributed by atoms with van der Waals surface area (Å²) in [5.41, 5.74) is 5.31. The van der Waals surface area contributed by atoms with Crippen molar-refractivity contribution in [3.63, 3.8) is 0 Å². The molecule has 0 saturated heterocycles. The van der Waals surface area contributed by atoms with Gasteiger partial charge in [0.2, 0.25) is 0 Å². The van der Waals surface area contributed by atoms with Crippen LogP contribution in [0.1, 0.15) is 4.88 Å². The van der Waals surface area contributed by atoms with Gasteiger partial charge < -0.3 is 10.8 Å². The highest BCUT2D eigenvalue weighted by molar-refractivity contribution is 7.21. The fraction of sp³-hybridized carbons (Fsp3) is 0. The van der Waals surface area contributed by atoms with Gasteiger partial charge in [0.15, 0.2) is 0 Å². The first-order chi connectivity index (χ1) is 6.20. The van der Waals surface area contributed by atoms with Gasteiger partial charge in [-0.25, -0.2) is 0 Å². The molecular weight excluding hydrogens is 220 g/mol. The van der Waals surface area contributed by atoms with Gasteiger partial charge in [0, 0.05) is 10.1 Å². The maximum atomic E-state index is 9.65. The average molecular weight is 229 g/mol. The zero-order valence-electron chi connectivity index (χ0n) is 7.15. The summed E-state index contributed by atoms with van der Waals surface area (Å²) in [6, 6.07) is 7.45. The maximum absolute atomic E-state index is 9.65. The largest absolute Gasteiger partial charge is 0.506 e. The molecule has 0 atom stereocenters. The third-order valence-electron chi connectivity index (χ3n) is 1.81. The van der Waals surface area contributed by atoms with Crippen molar-refractivity contribution in [1.29, 1.82) is 5.41 Å². The Morgan fingerprint density at radius 2 is 2.00 bits per heavy atom. The van der Waals surface area contributed by atoms with Gasteiger partial charge in [-0.1, -0.05) is 12.1 Å². The van der Waals surface area contributed by atoms with E-state index in [2.05, 4.69) is 0 Å². The van der Waals surface area contributed by atoms with E-state index in [4.69, 9.17) is 11.1 Å². The first kappa shape index (κ1) is 10.8. The number of rotatable bonds is 1. The van der Waals surface area contributed by atoms with Gasteiger partial charge in [-0.3, -0.25) is 5.41 Å². The van der Waals surface area contributed by atoms with Crippen molar-refractivity contribution in [3.8, 4) is 5.75 Å². The van der Waals surface area contributed by atoms with Crippen LogP contribution < -0.4 is 5.73 Å². The number of thiophene rings is 1. The van der Waals surface area contributed by atoms with Crippen molar-refractivity contribution in [2.45, 2.75) is 0 Å². The van der Waals surface area contributed by atoms with Gasteiger partial charge >= 0.3 is 0 Å². The van der Waals surface area contributed by atoms with E-state index in [0.29, 0.717) is 4.88 Å². The molecule has 5 heteroatoms. The van der Waals surface area contributed by atoms with Crippen molar-refractivity contribution in [2.75, 3.05) is 0 Å². The molecule has 0 unspecified atom stereocenters. The quantitative estimate of drug-likeness (QED) is 0.518. The molecule has 0 aliphatic carbocycles. The van der Waals surface area contributed by atoms with Crippen LogP contribution in [-0.2, 0) is 0 Å². The Bertz CT molecular complexity index is 481. The molecule has 0 bridgehead atoms. The first-order valence-corrected chi connectivity index (χ1v) is 4.56. The van der Waals surface area contributed by atoms with Crippen LogP contribution >= 0.6 is 23.7 Å². The van der Waals surface area contributed by atoms with Gasteiger partial charge in [0.25, 0.3) is 0 Å². The number of benzene rings is 1. The van der Waals surface area contributed by atoms with E-state index >= 15 is 0 Å². The molecular formula is C9H9ClN2OS. The van der Waals surface area contributed by atoms with Gasteiger partial charge in [0.1, 0.15) is 16.5 Å². The normalized spacial score (nSPS) is 9.71. The van der Waals surface area contributed by atoms with Crippen LogP contribution in [0, 0.1) is 5.41 Å². The van der Waals surface area contributed by atoms with E-state index in [0.717, 1.165) is 10.1 Å². The zero-order chi connectivity index (χ0) is 9.42. The Balaban J connectivity index is 0.000000980. The number of nitrogens with one attached hydrogen (secondary N) is 1. The van der Waals surface area contributed by atoms with Gasteiger partial charge in [0.05, 0.1) is 0 Å². The molecule has 3 nitrogen and oxygen atoms in total. The summed E-state index contributed by atoms with van der Waals surface area (Å²) in [6.07, 6.45) is 0. The minimum Gasteiger partial charge on any atom is -0.506 e. The maximum Gasteiger partial charge on any atom is 0.145 e. The van der Waals surface area contributed by atoms with Gasteiger partial charge in [-0.05, 0) is 12.1 Å². The predicted molar refractivity (Wildman–Crippen MR) is 61.8 cm³/mol. The summed E-state index contributed by atoms with van der Waals surface area (Å²) in [7, 11) is 0. The molecule has 2 rings (SSSR count). The van der Waals surface area contributed by atoms with Crippen LogP contribution in [0.2, 0.25) is 0 Å². The molecule has 0 amide bonds. The molecule has 1 heterocycles. The zero-order valence-corrected chi connectivity index (χ0v) is 8.78. The standard InChI is InChI=1S/C9H8N2OS.ClH/c10-9(11)8-7(12)5-3-1-2-4-6(5)13-8;/h1-4,12H,(H3,10,11);1H. The van der Waals surface area contributed by atoms with Crippen LogP contribution in [0.25, 0.3) is 10.1 Å². The second kappa shape index (κ2) is 3.86. The fourth-order valence-electron chi connectivity index (χ4n) is 1.21. The molecule has 0 fully saturated rings. The molecule has 0 aliphatic heterocycles. The third-order valence-corrected chi connectivity index (χ3v) is 3.01. The second-order valence-corrected chi connectivity index (χ2v) is 3.74. The molecule has 2 aromatic rings. The van der Waals surface area contributed by atoms with Crippen LogP contribution in [0.15, 0.2) is 24.3 Å². The number of hydrogen-bond acceptors (Lipinski definition) is 3. The number of halogens is 1. The molecule has 0 aliphatic rings.